The highest BCUT2D eigenvalue weighted by molar-refractivity contribution is 9.09. The lowest BCUT2D eigenvalue weighted by molar-refractivity contribution is 0.104. The minimum atomic E-state index is -0.0131. The van der Waals surface area contributed by atoms with E-state index >= 15 is 0 Å². The molecule has 2 rings (SSSR count). The lowest BCUT2D eigenvalue weighted by atomic mass is 10.1. The largest absolute Gasteiger partial charge is 0.493 e. The molecule has 0 N–H and O–H groups in total. The minimum absolute atomic E-state index is 0.0131. The van der Waals surface area contributed by atoms with Gasteiger partial charge in [0.15, 0.2) is 5.78 Å². The Morgan fingerprint density at radius 2 is 1.75 bits per heavy atom. The van der Waals surface area contributed by atoms with Gasteiger partial charge >= 0.3 is 0 Å². The third kappa shape index (κ3) is 4.35. The monoisotopic (exact) mass is 330 g/mol. The maximum atomic E-state index is 12.0. The number of halogens is 1. The number of rotatable bonds is 6. The van der Waals surface area contributed by atoms with Crippen molar-refractivity contribution in [1.82, 2.24) is 0 Å². The molecule has 0 heterocycles. The van der Waals surface area contributed by atoms with Crippen LogP contribution in [-0.4, -0.2) is 17.7 Å². The van der Waals surface area contributed by atoms with Crippen molar-refractivity contribution in [2.75, 3.05) is 11.9 Å². The van der Waals surface area contributed by atoms with Crippen LogP contribution in [0.5, 0.6) is 5.75 Å². The van der Waals surface area contributed by atoms with Crippen LogP contribution in [0.15, 0.2) is 60.7 Å². The summed E-state index contributed by atoms with van der Waals surface area (Å²) in [4.78, 5) is 12.0. The molecule has 0 spiro atoms. The summed E-state index contributed by atoms with van der Waals surface area (Å²) in [6, 6.07) is 16.9. The van der Waals surface area contributed by atoms with E-state index in [1.54, 1.807) is 18.2 Å². The van der Waals surface area contributed by atoms with E-state index < -0.39 is 0 Å². The minimum Gasteiger partial charge on any atom is -0.493 e. The zero-order chi connectivity index (χ0) is 14.2. The number of hydrogen-bond acceptors (Lipinski definition) is 2. The third-order valence-electron chi connectivity index (χ3n) is 2.71. The summed E-state index contributed by atoms with van der Waals surface area (Å²) in [6.45, 7) is 0.612. The average Bonchev–Trinajstić information content (AvgIpc) is 2.52. The quantitative estimate of drug-likeness (QED) is 0.447. The Morgan fingerprint density at radius 3 is 2.40 bits per heavy atom. The average molecular weight is 331 g/mol. The first-order valence-electron chi connectivity index (χ1n) is 6.36. The van der Waals surface area contributed by atoms with Gasteiger partial charge in [-0.1, -0.05) is 52.3 Å². The van der Waals surface area contributed by atoms with Gasteiger partial charge in [0.1, 0.15) is 5.75 Å². The Labute approximate surface area is 127 Å². The summed E-state index contributed by atoms with van der Waals surface area (Å²) >= 11 is 3.30. The highest BCUT2D eigenvalue weighted by atomic mass is 79.9. The molecule has 0 bridgehead atoms. The van der Waals surface area contributed by atoms with E-state index in [-0.39, 0.29) is 5.78 Å². The van der Waals surface area contributed by atoms with Crippen LogP contribution in [0.25, 0.3) is 6.08 Å². The lowest BCUT2D eigenvalue weighted by Gasteiger charge is -2.04. The van der Waals surface area contributed by atoms with E-state index in [1.807, 2.05) is 48.5 Å². The molecule has 2 aromatic rings. The molecule has 0 fully saturated rings. The summed E-state index contributed by atoms with van der Waals surface area (Å²) < 4.78 is 5.44. The Kier molecular flexibility index (Phi) is 5.56. The fourth-order valence-corrected chi connectivity index (χ4v) is 1.87. The molecule has 0 saturated carbocycles. The number of carbonyl (C=O) groups is 1. The van der Waals surface area contributed by atoms with Crippen LogP contribution in [0.1, 0.15) is 15.9 Å². The van der Waals surface area contributed by atoms with Crippen molar-refractivity contribution in [2.45, 2.75) is 0 Å². The van der Waals surface area contributed by atoms with Crippen LogP contribution in [0.4, 0.5) is 0 Å². The second-order valence-electron chi connectivity index (χ2n) is 4.17. The highest BCUT2D eigenvalue weighted by Gasteiger charge is 2.02. The van der Waals surface area contributed by atoms with Crippen LogP contribution >= 0.6 is 15.9 Å². The normalized spacial score (nSPS) is 10.7. The van der Waals surface area contributed by atoms with Crippen LogP contribution in [0, 0.1) is 0 Å². The molecule has 102 valence electrons. The SMILES string of the molecule is O=C(C=Cc1ccccc1)c1ccc(OCCBr)cc1. The van der Waals surface area contributed by atoms with Gasteiger partial charge in [0.2, 0.25) is 0 Å². The molecular weight excluding hydrogens is 316 g/mol. The van der Waals surface area contributed by atoms with E-state index in [4.69, 9.17) is 4.74 Å². The number of ether oxygens (including phenoxy) is 1. The molecule has 0 radical (unpaired) electrons. The van der Waals surface area contributed by atoms with Crippen molar-refractivity contribution >= 4 is 27.8 Å². The second-order valence-corrected chi connectivity index (χ2v) is 4.96. The van der Waals surface area contributed by atoms with Crippen molar-refractivity contribution in [3.05, 3.63) is 71.8 Å². The summed E-state index contributed by atoms with van der Waals surface area (Å²) in [7, 11) is 0. The maximum absolute atomic E-state index is 12.0. The topological polar surface area (TPSA) is 26.3 Å². The van der Waals surface area contributed by atoms with Gasteiger partial charge in [0, 0.05) is 10.9 Å². The third-order valence-corrected chi connectivity index (χ3v) is 3.04. The van der Waals surface area contributed by atoms with Crippen molar-refractivity contribution < 1.29 is 9.53 Å². The van der Waals surface area contributed by atoms with Gasteiger partial charge in [-0.05, 0) is 35.9 Å². The highest BCUT2D eigenvalue weighted by Crippen LogP contribution is 2.13. The lowest BCUT2D eigenvalue weighted by Crippen LogP contribution is -1.99. The maximum Gasteiger partial charge on any atom is 0.185 e. The van der Waals surface area contributed by atoms with Crippen molar-refractivity contribution in [2.24, 2.45) is 0 Å². The molecule has 0 aliphatic carbocycles. The molecule has 0 atom stereocenters. The van der Waals surface area contributed by atoms with Gasteiger partial charge in [0.25, 0.3) is 0 Å². The van der Waals surface area contributed by atoms with E-state index in [0.717, 1.165) is 16.6 Å². The van der Waals surface area contributed by atoms with Gasteiger partial charge in [-0.2, -0.15) is 0 Å². The molecule has 20 heavy (non-hydrogen) atoms. The Bertz CT molecular complexity index is 574. The smallest absolute Gasteiger partial charge is 0.185 e. The van der Waals surface area contributed by atoms with E-state index in [9.17, 15) is 4.79 Å². The summed E-state index contributed by atoms with van der Waals surface area (Å²) in [5, 5.41) is 0.785. The number of benzene rings is 2. The van der Waals surface area contributed by atoms with Gasteiger partial charge in [-0.3, -0.25) is 4.79 Å². The van der Waals surface area contributed by atoms with Crippen LogP contribution in [0.2, 0.25) is 0 Å². The number of ketones is 1. The van der Waals surface area contributed by atoms with Crippen LogP contribution < -0.4 is 4.74 Å². The summed E-state index contributed by atoms with van der Waals surface area (Å²) in [5.41, 5.74) is 1.67. The molecule has 3 heteroatoms. The van der Waals surface area contributed by atoms with Gasteiger partial charge in [-0.15, -0.1) is 0 Å². The summed E-state index contributed by atoms with van der Waals surface area (Å²) in [6.07, 6.45) is 3.40. The fourth-order valence-electron chi connectivity index (χ4n) is 1.70. The van der Waals surface area contributed by atoms with Crippen molar-refractivity contribution in [1.29, 1.82) is 0 Å². The van der Waals surface area contributed by atoms with Gasteiger partial charge < -0.3 is 4.74 Å². The number of hydrogen-bond donors (Lipinski definition) is 0. The summed E-state index contributed by atoms with van der Waals surface area (Å²) in [5.74, 6) is 0.758. The first-order chi connectivity index (χ1) is 9.79. The predicted molar refractivity (Wildman–Crippen MR) is 85.5 cm³/mol. The molecule has 0 aromatic heterocycles. The molecule has 0 saturated heterocycles. The van der Waals surface area contributed by atoms with Crippen LogP contribution in [-0.2, 0) is 0 Å². The molecule has 2 nitrogen and oxygen atoms in total. The van der Waals surface area contributed by atoms with Crippen molar-refractivity contribution in [3.63, 3.8) is 0 Å². The Morgan fingerprint density at radius 1 is 1.05 bits per heavy atom. The first kappa shape index (κ1) is 14.5. The molecular formula is C17H15BrO2. The predicted octanol–water partition coefficient (Wildman–Crippen LogP) is 4.36. The van der Waals surface area contributed by atoms with Gasteiger partial charge in [0.05, 0.1) is 6.61 Å². The number of alkyl halides is 1. The van der Waals surface area contributed by atoms with Gasteiger partial charge in [-0.25, -0.2) is 0 Å². The number of allylic oxidation sites excluding steroid dienone is 1. The van der Waals surface area contributed by atoms with E-state index in [1.165, 1.54) is 0 Å². The number of carbonyl (C=O) groups excluding carboxylic acids is 1. The molecule has 0 aliphatic heterocycles. The molecule has 2 aromatic carbocycles. The van der Waals surface area contributed by atoms with E-state index in [2.05, 4.69) is 15.9 Å². The molecule has 0 aliphatic rings. The Balaban J connectivity index is 2.00. The second kappa shape index (κ2) is 7.65. The van der Waals surface area contributed by atoms with Crippen LogP contribution in [0.3, 0.4) is 0 Å². The molecule has 0 amide bonds. The zero-order valence-corrected chi connectivity index (χ0v) is 12.5. The van der Waals surface area contributed by atoms with E-state index in [0.29, 0.717) is 12.2 Å². The first-order valence-corrected chi connectivity index (χ1v) is 7.48. The molecule has 0 unspecified atom stereocenters. The standard InChI is InChI=1S/C17H15BrO2/c18-12-13-20-16-9-7-15(8-10-16)17(19)11-6-14-4-2-1-3-5-14/h1-11H,12-13H2. The fraction of sp³-hybridized carbons (Fsp3) is 0.118. The zero-order valence-electron chi connectivity index (χ0n) is 11.0. The van der Waals surface area contributed by atoms with Crippen molar-refractivity contribution in [3.8, 4) is 5.75 Å². The Hall–Kier alpha value is -1.87.